The number of carbonyl (C=O) groups is 2. The maximum atomic E-state index is 12.4. The van der Waals surface area contributed by atoms with Gasteiger partial charge in [0.15, 0.2) is 0 Å². The smallest absolute Gasteiger partial charge is 0.305 e. The van der Waals surface area contributed by atoms with E-state index in [2.05, 4.69) is 19.2 Å². The van der Waals surface area contributed by atoms with Crippen LogP contribution >= 0.6 is 0 Å². The van der Waals surface area contributed by atoms with Gasteiger partial charge in [-0.2, -0.15) is 0 Å². The highest BCUT2D eigenvalue weighted by Gasteiger charge is 2.18. The predicted octanol–water partition coefficient (Wildman–Crippen LogP) is 15.7. The molecule has 6 nitrogen and oxygen atoms in total. The fourth-order valence-corrected chi connectivity index (χ4v) is 8.22. The third-order valence-electron chi connectivity index (χ3n) is 12.3. The summed E-state index contributed by atoms with van der Waals surface area (Å²) in [6.07, 6.45) is 56.4. The second-order valence-electron chi connectivity index (χ2n) is 18.2. The van der Waals surface area contributed by atoms with Crippen molar-refractivity contribution in [2.24, 2.45) is 0 Å². The van der Waals surface area contributed by atoms with Crippen molar-refractivity contribution in [3.8, 4) is 0 Å². The maximum absolute atomic E-state index is 12.4. The first-order valence-electron chi connectivity index (χ1n) is 26.5. The Labute approximate surface area is 368 Å². The zero-order valence-corrected chi connectivity index (χ0v) is 39.7. The average Bonchev–Trinajstić information content (AvgIpc) is 3.24. The van der Waals surface area contributed by atoms with Gasteiger partial charge in [0.1, 0.15) is 0 Å². The highest BCUT2D eigenvalue weighted by molar-refractivity contribution is 5.76. The van der Waals surface area contributed by atoms with Gasteiger partial charge < -0.3 is 20.3 Å². The van der Waals surface area contributed by atoms with E-state index in [4.69, 9.17) is 4.74 Å². The summed E-state index contributed by atoms with van der Waals surface area (Å²) in [6, 6.07) is -0.632. The molecule has 2 unspecified atom stereocenters. The third kappa shape index (κ3) is 45.9. The molecule has 0 saturated carbocycles. The zero-order valence-electron chi connectivity index (χ0n) is 39.7. The summed E-state index contributed by atoms with van der Waals surface area (Å²) in [5.41, 5.74) is 0. The molecule has 6 heteroatoms. The number of aliphatic hydroxyl groups excluding tert-OH is 2. The second-order valence-corrected chi connectivity index (χ2v) is 18.2. The Balaban J connectivity index is 3.46. The van der Waals surface area contributed by atoms with E-state index in [0.717, 1.165) is 44.9 Å². The van der Waals surface area contributed by atoms with Crippen molar-refractivity contribution >= 4 is 11.9 Å². The largest absolute Gasteiger partial charge is 0.466 e. The summed E-state index contributed by atoms with van der Waals surface area (Å²) in [6.45, 7) is 4.89. The van der Waals surface area contributed by atoms with E-state index < -0.39 is 12.1 Å². The summed E-state index contributed by atoms with van der Waals surface area (Å²) in [7, 11) is 0. The van der Waals surface area contributed by atoms with Crippen molar-refractivity contribution in [2.75, 3.05) is 13.2 Å². The molecule has 0 heterocycles. The topological polar surface area (TPSA) is 95.9 Å². The first kappa shape index (κ1) is 57.6. The molecule has 3 N–H and O–H groups in total. The third-order valence-corrected chi connectivity index (χ3v) is 12.3. The van der Waals surface area contributed by atoms with Crippen molar-refractivity contribution in [1.82, 2.24) is 5.32 Å². The lowest BCUT2D eigenvalue weighted by atomic mass is 10.0. The van der Waals surface area contributed by atoms with E-state index in [0.29, 0.717) is 19.4 Å². The molecule has 0 aromatic heterocycles. The van der Waals surface area contributed by atoms with Crippen LogP contribution in [0.2, 0.25) is 0 Å². The molecule has 0 spiro atoms. The molecule has 0 radical (unpaired) electrons. The fraction of sp³-hybridized carbons (Fsp3) is 0.925. The van der Waals surface area contributed by atoms with Gasteiger partial charge in [-0.15, -0.1) is 0 Å². The number of unbranched alkanes of at least 4 members (excludes halogenated alkanes) is 38. The highest BCUT2D eigenvalue weighted by atomic mass is 16.5. The molecule has 0 aliphatic heterocycles. The Hall–Kier alpha value is -1.40. The Morgan fingerprint density at radius 2 is 0.780 bits per heavy atom. The molecule has 0 aliphatic rings. The Bertz CT molecular complexity index is 878. The SMILES string of the molecule is CCCCCCCCCCCCCCC/C=C/C(O)C(CO)NC(=O)CCCCCCCCCCCCCCCCCOC(=O)CCCCCCCCCCCCCC. The monoisotopic (exact) mass is 834 g/mol. The van der Waals surface area contributed by atoms with E-state index in [1.54, 1.807) is 6.08 Å². The first-order chi connectivity index (χ1) is 29.0. The van der Waals surface area contributed by atoms with Crippen molar-refractivity contribution in [2.45, 2.75) is 302 Å². The number of esters is 1. The number of ether oxygens (including phenoxy) is 1. The van der Waals surface area contributed by atoms with E-state index in [1.807, 2.05) is 6.08 Å². The van der Waals surface area contributed by atoms with Crippen LogP contribution in [0.3, 0.4) is 0 Å². The molecule has 0 bridgehead atoms. The van der Waals surface area contributed by atoms with Gasteiger partial charge in [-0.25, -0.2) is 0 Å². The molecule has 1 amide bonds. The van der Waals surface area contributed by atoms with Crippen LogP contribution in [0.1, 0.15) is 290 Å². The van der Waals surface area contributed by atoms with Gasteiger partial charge in [0, 0.05) is 12.8 Å². The normalized spacial score (nSPS) is 12.7. The minimum atomic E-state index is -0.848. The Morgan fingerprint density at radius 1 is 0.458 bits per heavy atom. The highest BCUT2D eigenvalue weighted by Crippen LogP contribution is 2.16. The zero-order chi connectivity index (χ0) is 43.0. The van der Waals surface area contributed by atoms with Crippen LogP contribution in [-0.4, -0.2) is 47.4 Å². The summed E-state index contributed by atoms with van der Waals surface area (Å²) in [5.74, 6) is -0.0747. The van der Waals surface area contributed by atoms with Crippen LogP contribution in [0.4, 0.5) is 0 Å². The molecule has 0 aromatic carbocycles. The van der Waals surface area contributed by atoms with Crippen molar-refractivity contribution < 1.29 is 24.5 Å². The van der Waals surface area contributed by atoms with Crippen LogP contribution in [0.15, 0.2) is 12.2 Å². The van der Waals surface area contributed by atoms with Gasteiger partial charge in [-0.3, -0.25) is 9.59 Å². The number of carbonyl (C=O) groups excluding carboxylic acids is 2. The fourth-order valence-electron chi connectivity index (χ4n) is 8.22. The number of rotatable bonds is 49. The quantitative estimate of drug-likeness (QED) is 0.0322. The number of amides is 1. The lowest BCUT2D eigenvalue weighted by Crippen LogP contribution is -2.45. The molecule has 59 heavy (non-hydrogen) atoms. The van der Waals surface area contributed by atoms with E-state index in [1.165, 1.54) is 218 Å². The van der Waals surface area contributed by atoms with Crippen LogP contribution in [0.5, 0.6) is 0 Å². The Morgan fingerprint density at radius 3 is 1.15 bits per heavy atom. The maximum Gasteiger partial charge on any atom is 0.305 e. The van der Waals surface area contributed by atoms with Gasteiger partial charge in [0.25, 0.3) is 0 Å². The molecule has 0 aliphatic carbocycles. The lowest BCUT2D eigenvalue weighted by Gasteiger charge is -2.20. The van der Waals surface area contributed by atoms with E-state index in [9.17, 15) is 19.8 Å². The van der Waals surface area contributed by atoms with Crippen molar-refractivity contribution in [1.29, 1.82) is 0 Å². The molecule has 0 aromatic rings. The average molecular weight is 834 g/mol. The van der Waals surface area contributed by atoms with Crippen LogP contribution in [0.25, 0.3) is 0 Å². The standard InChI is InChI=1S/C53H103NO5/c1-3-5-7-9-11-13-15-17-19-22-25-29-33-37-41-45-51(56)50(49-55)54-52(57)46-42-38-34-30-26-23-20-18-21-24-28-32-36-40-44-48-59-53(58)47-43-39-35-31-27-16-14-12-10-8-6-4-2/h41,45,50-51,55-56H,3-40,42-44,46-49H2,1-2H3,(H,54,57)/b45-41+. The minimum Gasteiger partial charge on any atom is -0.466 e. The molecule has 2 atom stereocenters. The van der Waals surface area contributed by atoms with Crippen LogP contribution in [-0.2, 0) is 14.3 Å². The second kappa shape index (κ2) is 49.3. The van der Waals surface area contributed by atoms with Gasteiger partial charge in [-0.05, 0) is 32.1 Å². The molecular formula is C53H103NO5. The number of hydrogen-bond acceptors (Lipinski definition) is 5. The summed E-state index contributed by atoms with van der Waals surface area (Å²) >= 11 is 0. The first-order valence-corrected chi connectivity index (χ1v) is 26.5. The van der Waals surface area contributed by atoms with Crippen LogP contribution < -0.4 is 5.32 Å². The Kier molecular flexibility index (Phi) is 48.1. The van der Waals surface area contributed by atoms with E-state index in [-0.39, 0.29) is 18.5 Å². The number of hydrogen-bond donors (Lipinski definition) is 3. The summed E-state index contributed by atoms with van der Waals surface area (Å²) in [4.78, 5) is 24.4. The molecular weight excluding hydrogens is 731 g/mol. The van der Waals surface area contributed by atoms with Crippen molar-refractivity contribution in [3.63, 3.8) is 0 Å². The summed E-state index contributed by atoms with van der Waals surface area (Å²) in [5, 5.41) is 23.1. The molecule has 0 rings (SSSR count). The lowest BCUT2D eigenvalue weighted by molar-refractivity contribution is -0.143. The van der Waals surface area contributed by atoms with Gasteiger partial charge >= 0.3 is 5.97 Å². The number of nitrogens with one attached hydrogen (secondary N) is 1. The summed E-state index contributed by atoms with van der Waals surface area (Å²) < 4.78 is 5.46. The predicted molar refractivity (Wildman–Crippen MR) is 255 cm³/mol. The number of aliphatic hydroxyl groups is 2. The molecule has 0 fully saturated rings. The minimum absolute atomic E-state index is 0.000395. The van der Waals surface area contributed by atoms with E-state index >= 15 is 0 Å². The van der Waals surface area contributed by atoms with Crippen LogP contribution in [0, 0.1) is 0 Å². The van der Waals surface area contributed by atoms with Gasteiger partial charge in [0.05, 0.1) is 25.4 Å². The van der Waals surface area contributed by atoms with Gasteiger partial charge in [0.2, 0.25) is 5.91 Å². The number of allylic oxidation sites excluding steroid dienone is 1. The van der Waals surface area contributed by atoms with Gasteiger partial charge in [-0.1, -0.05) is 257 Å². The molecule has 350 valence electrons. The molecule has 0 saturated heterocycles. The van der Waals surface area contributed by atoms with Crippen molar-refractivity contribution in [3.05, 3.63) is 12.2 Å².